The van der Waals surface area contributed by atoms with Gasteiger partial charge in [0.05, 0.1) is 24.9 Å². The average Bonchev–Trinajstić information content (AvgIpc) is 2.86. The molecule has 2 rings (SSSR count). The van der Waals surface area contributed by atoms with Crippen LogP contribution in [0.2, 0.25) is 0 Å². The molecule has 0 aromatic carbocycles. The zero-order valence-electron chi connectivity index (χ0n) is 12.0. The Bertz CT molecular complexity index is 443. The molecule has 3 N–H and O–H groups in total. The maximum atomic E-state index is 11.9. The number of hydrogen-bond acceptors (Lipinski definition) is 6. The normalized spacial score (nSPS) is 18.2. The summed E-state index contributed by atoms with van der Waals surface area (Å²) in [6.45, 7) is 8.06. The quantitative estimate of drug-likeness (QED) is 0.844. The van der Waals surface area contributed by atoms with Crippen molar-refractivity contribution in [3.05, 3.63) is 11.1 Å². The van der Waals surface area contributed by atoms with Crippen LogP contribution in [0.25, 0.3) is 0 Å². The van der Waals surface area contributed by atoms with Crippen LogP contribution in [0, 0.1) is 5.92 Å². The summed E-state index contributed by atoms with van der Waals surface area (Å²) in [6.07, 6.45) is 0. The van der Waals surface area contributed by atoms with Crippen LogP contribution in [0.3, 0.4) is 0 Å². The molecule has 7 heteroatoms. The van der Waals surface area contributed by atoms with Crippen molar-refractivity contribution >= 4 is 22.4 Å². The van der Waals surface area contributed by atoms with Crippen molar-refractivity contribution in [3.8, 4) is 0 Å². The average molecular weight is 298 g/mol. The van der Waals surface area contributed by atoms with Crippen molar-refractivity contribution < 1.29 is 9.53 Å². The van der Waals surface area contributed by atoms with Gasteiger partial charge in [-0.2, -0.15) is 0 Å². The van der Waals surface area contributed by atoms with Crippen molar-refractivity contribution in [2.45, 2.75) is 26.4 Å². The summed E-state index contributed by atoms with van der Waals surface area (Å²) in [5, 5.41) is 5.38. The number of hydrogen-bond donors (Lipinski definition) is 2. The lowest BCUT2D eigenvalue weighted by molar-refractivity contribution is -0.118. The van der Waals surface area contributed by atoms with Gasteiger partial charge in [-0.1, -0.05) is 13.8 Å². The minimum absolute atomic E-state index is 0.114. The number of nitrogens with two attached hydrogens (primary N) is 1. The highest BCUT2D eigenvalue weighted by Crippen LogP contribution is 2.18. The first-order valence-corrected chi connectivity index (χ1v) is 7.75. The number of nitrogens with one attached hydrogen (secondary N) is 1. The van der Waals surface area contributed by atoms with Crippen LogP contribution in [-0.2, 0) is 16.1 Å². The number of nitrogens with zero attached hydrogens (tertiary/aromatic N) is 2. The number of carbonyl (C=O) groups is 1. The Morgan fingerprint density at radius 2 is 2.25 bits per heavy atom. The van der Waals surface area contributed by atoms with E-state index in [1.165, 1.54) is 11.3 Å². The van der Waals surface area contributed by atoms with E-state index in [2.05, 4.69) is 15.2 Å². The highest BCUT2D eigenvalue weighted by molar-refractivity contribution is 7.13. The maximum absolute atomic E-state index is 11.9. The van der Waals surface area contributed by atoms with Gasteiger partial charge in [-0.3, -0.25) is 9.69 Å². The van der Waals surface area contributed by atoms with Crippen molar-refractivity contribution in [1.29, 1.82) is 0 Å². The monoisotopic (exact) mass is 298 g/mol. The molecule has 1 aliphatic heterocycles. The first kappa shape index (κ1) is 15.4. The first-order chi connectivity index (χ1) is 9.56. The highest BCUT2D eigenvalue weighted by atomic mass is 32.1. The molecular weight excluding hydrogens is 276 g/mol. The van der Waals surface area contributed by atoms with E-state index >= 15 is 0 Å². The van der Waals surface area contributed by atoms with Crippen molar-refractivity contribution in [2.75, 3.05) is 31.6 Å². The zero-order valence-corrected chi connectivity index (χ0v) is 12.8. The molecule has 1 saturated heterocycles. The summed E-state index contributed by atoms with van der Waals surface area (Å²) in [5.41, 5.74) is 6.78. The van der Waals surface area contributed by atoms with Crippen LogP contribution in [0.4, 0.5) is 5.13 Å². The molecule has 0 spiro atoms. The Morgan fingerprint density at radius 3 is 2.90 bits per heavy atom. The molecule has 0 aliphatic carbocycles. The predicted octanol–water partition coefficient (Wildman–Crippen LogP) is 0.897. The van der Waals surface area contributed by atoms with Crippen molar-refractivity contribution in [1.82, 2.24) is 9.88 Å². The molecule has 0 bridgehead atoms. The SMILES string of the molecule is CC(C)C(N)C(=O)Nc1nc(CN2CCOCC2)cs1. The third kappa shape index (κ3) is 4.24. The fourth-order valence-corrected chi connectivity index (χ4v) is 2.62. The number of amides is 1. The van der Waals surface area contributed by atoms with Gasteiger partial charge < -0.3 is 15.8 Å². The summed E-state index contributed by atoms with van der Waals surface area (Å²) in [4.78, 5) is 18.6. The highest BCUT2D eigenvalue weighted by Gasteiger charge is 2.19. The zero-order chi connectivity index (χ0) is 14.5. The molecule has 1 aromatic rings. The topological polar surface area (TPSA) is 80.5 Å². The number of anilines is 1. The summed E-state index contributed by atoms with van der Waals surface area (Å²) >= 11 is 1.44. The molecule has 1 aliphatic rings. The molecule has 112 valence electrons. The second-order valence-electron chi connectivity index (χ2n) is 5.29. The Kier molecular flexibility index (Phi) is 5.47. The molecule has 1 aromatic heterocycles. The molecule has 0 radical (unpaired) electrons. The lowest BCUT2D eigenvalue weighted by Gasteiger charge is -2.25. The minimum Gasteiger partial charge on any atom is -0.379 e. The van der Waals surface area contributed by atoms with E-state index in [1.807, 2.05) is 19.2 Å². The van der Waals surface area contributed by atoms with Crippen molar-refractivity contribution in [3.63, 3.8) is 0 Å². The van der Waals surface area contributed by atoms with E-state index in [0.29, 0.717) is 5.13 Å². The summed E-state index contributed by atoms with van der Waals surface area (Å²) in [7, 11) is 0. The van der Waals surface area contributed by atoms with E-state index in [4.69, 9.17) is 10.5 Å². The van der Waals surface area contributed by atoms with Gasteiger partial charge in [-0.05, 0) is 5.92 Å². The summed E-state index contributed by atoms with van der Waals surface area (Å²) in [6, 6.07) is -0.499. The van der Waals surface area contributed by atoms with E-state index in [9.17, 15) is 4.79 Å². The van der Waals surface area contributed by atoms with E-state index in [-0.39, 0.29) is 11.8 Å². The van der Waals surface area contributed by atoms with Crippen LogP contribution in [0.5, 0.6) is 0 Å². The van der Waals surface area contributed by atoms with Crippen molar-refractivity contribution in [2.24, 2.45) is 11.7 Å². The third-order valence-corrected chi connectivity index (χ3v) is 4.10. The molecular formula is C13H22N4O2S. The van der Waals surface area contributed by atoms with Crippen LogP contribution < -0.4 is 11.1 Å². The van der Waals surface area contributed by atoms with Crippen LogP contribution >= 0.6 is 11.3 Å². The van der Waals surface area contributed by atoms with E-state index in [0.717, 1.165) is 38.5 Å². The number of aromatic nitrogens is 1. The molecule has 1 amide bonds. The Labute approximate surface area is 123 Å². The molecule has 2 heterocycles. The first-order valence-electron chi connectivity index (χ1n) is 6.87. The Morgan fingerprint density at radius 1 is 1.55 bits per heavy atom. The summed E-state index contributed by atoms with van der Waals surface area (Å²) < 4.78 is 5.31. The van der Waals surface area contributed by atoms with Gasteiger partial charge in [-0.15, -0.1) is 11.3 Å². The van der Waals surface area contributed by atoms with Gasteiger partial charge in [-0.25, -0.2) is 4.98 Å². The van der Waals surface area contributed by atoms with Gasteiger partial charge in [0.25, 0.3) is 0 Å². The van der Waals surface area contributed by atoms with Crippen LogP contribution in [-0.4, -0.2) is 48.1 Å². The fourth-order valence-electron chi connectivity index (χ4n) is 1.92. The second-order valence-corrected chi connectivity index (χ2v) is 6.15. The third-order valence-electron chi connectivity index (χ3n) is 3.29. The number of rotatable bonds is 5. The number of ether oxygens (including phenoxy) is 1. The molecule has 1 atom stereocenters. The largest absolute Gasteiger partial charge is 0.379 e. The molecule has 1 fully saturated rings. The number of morpholine rings is 1. The standard InChI is InChI=1S/C13H22N4O2S/c1-9(2)11(14)12(18)16-13-15-10(8-20-13)7-17-3-5-19-6-4-17/h8-9,11H,3-7,14H2,1-2H3,(H,15,16,18). The maximum Gasteiger partial charge on any atom is 0.243 e. The smallest absolute Gasteiger partial charge is 0.243 e. The molecule has 6 nitrogen and oxygen atoms in total. The number of thiazole rings is 1. The number of carbonyl (C=O) groups excluding carboxylic acids is 1. The van der Waals surface area contributed by atoms with E-state index < -0.39 is 6.04 Å². The molecule has 20 heavy (non-hydrogen) atoms. The Balaban J connectivity index is 1.87. The van der Waals surface area contributed by atoms with Gasteiger partial charge in [0, 0.05) is 25.0 Å². The van der Waals surface area contributed by atoms with Crippen LogP contribution in [0.1, 0.15) is 19.5 Å². The predicted molar refractivity (Wildman–Crippen MR) is 79.7 cm³/mol. The van der Waals surface area contributed by atoms with Crippen LogP contribution in [0.15, 0.2) is 5.38 Å². The molecule has 0 saturated carbocycles. The summed E-state index contributed by atoms with van der Waals surface area (Å²) in [5.74, 6) is -0.0601. The lowest BCUT2D eigenvalue weighted by atomic mass is 10.1. The molecule has 1 unspecified atom stereocenters. The minimum atomic E-state index is -0.499. The second kappa shape index (κ2) is 7.12. The lowest BCUT2D eigenvalue weighted by Crippen LogP contribution is -2.39. The van der Waals surface area contributed by atoms with Gasteiger partial charge in [0.1, 0.15) is 0 Å². The van der Waals surface area contributed by atoms with Gasteiger partial charge in [0.2, 0.25) is 5.91 Å². The van der Waals surface area contributed by atoms with Gasteiger partial charge >= 0.3 is 0 Å². The Hall–Kier alpha value is -1.02. The van der Waals surface area contributed by atoms with Gasteiger partial charge in [0.15, 0.2) is 5.13 Å². The van der Waals surface area contributed by atoms with E-state index in [1.54, 1.807) is 0 Å². The fraction of sp³-hybridized carbons (Fsp3) is 0.692.